The number of rotatable bonds is 11. The number of anilines is 3. The second-order valence-corrected chi connectivity index (χ2v) is 10.6. The fraction of sp³-hybridized carbons (Fsp3) is 0.179. The van der Waals surface area contributed by atoms with Gasteiger partial charge < -0.3 is 24.8 Å². The van der Waals surface area contributed by atoms with Gasteiger partial charge in [0.05, 0.1) is 57.8 Å². The third kappa shape index (κ3) is 7.54. The highest BCUT2D eigenvalue weighted by Gasteiger charge is 2.16. The van der Waals surface area contributed by atoms with Crippen molar-refractivity contribution in [3.8, 4) is 22.9 Å². The summed E-state index contributed by atoms with van der Waals surface area (Å²) in [6, 6.07) is 16.7. The Morgan fingerprint density at radius 1 is 0.854 bits per heavy atom. The molecule has 2 amide bonds. The van der Waals surface area contributed by atoms with Crippen LogP contribution in [0.25, 0.3) is 5.69 Å². The summed E-state index contributed by atoms with van der Waals surface area (Å²) in [5.74, 6) is 0.545. The summed E-state index contributed by atoms with van der Waals surface area (Å²) in [5, 5.41) is 9.90. The number of ether oxygens (including phenoxy) is 3. The summed E-state index contributed by atoms with van der Waals surface area (Å²) in [6.07, 6.45) is 4.20. The van der Waals surface area contributed by atoms with Crippen LogP contribution in [0, 0.1) is 0 Å². The van der Waals surface area contributed by atoms with Crippen molar-refractivity contribution in [1.29, 1.82) is 0 Å². The van der Waals surface area contributed by atoms with Gasteiger partial charge in [-0.2, -0.15) is 5.10 Å². The van der Waals surface area contributed by atoms with Gasteiger partial charge in [0.1, 0.15) is 0 Å². The predicted octanol–water partition coefficient (Wildman–Crippen LogP) is 3.70. The summed E-state index contributed by atoms with van der Waals surface area (Å²) in [7, 11) is 1.05. The van der Waals surface area contributed by atoms with Crippen LogP contribution in [0.15, 0.2) is 73.1 Å². The van der Waals surface area contributed by atoms with E-state index in [9.17, 15) is 18.0 Å². The minimum atomic E-state index is -3.43. The normalized spacial score (nSPS) is 10.9. The molecule has 13 heteroatoms. The molecule has 3 aromatic carbocycles. The Labute approximate surface area is 237 Å². The van der Waals surface area contributed by atoms with Crippen LogP contribution in [0.5, 0.6) is 17.2 Å². The number of hydrogen-bond donors (Lipinski definition) is 3. The number of sulfonamides is 1. The lowest BCUT2D eigenvalue weighted by Crippen LogP contribution is -2.14. The van der Waals surface area contributed by atoms with E-state index >= 15 is 0 Å². The van der Waals surface area contributed by atoms with Crippen molar-refractivity contribution in [2.75, 3.05) is 42.9 Å². The summed E-state index contributed by atoms with van der Waals surface area (Å²) in [5.41, 5.74) is 2.89. The van der Waals surface area contributed by atoms with Crippen molar-refractivity contribution in [3.63, 3.8) is 0 Å². The maximum atomic E-state index is 13.0. The third-order valence-corrected chi connectivity index (χ3v) is 6.36. The van der Waals surface area contributed by atoms with E-state index in [1.165, 1.54) is 32.2 Å². The average molecular weight is 580 g/mol. The van der Waals surface area contributed by atoms with Gasteiger partial charge in [0, 0.05) is 29.1 Å². The quantitative estimate of drug-likeness (QED) is 0.243. The molecule has 4 aromatic rings. The van der Waals surface area contributed by atoms with Crippen molar-refractivity contribution in [1.82, 2.24) is 9.78 Å². The number of carbonyl (C=O) groups is 2. The van der Waals surface area contributed by atoms with Crippen molar-refractivity contribution >= 4 is 38.9 Å². The molecule has 0 radical (unpaired) electrons. The van der Waals surface area contributed by atoms with E-state index in [2.05, 4.69) is 20.5 Å². The Morgan fingerprint density at radius 3 is 2.22 bits per heavy atom. The van der Waals surface area contributed by atoms with Crippen LogP contribution in [0.1, 0.15) is 15.9 Å². The number of benzene rings is 3. The molecule has 0 aliphatic carbocycles. The lowest BCUT2D eigenvalue weighted by Gasteiger charge is -2.14. The van der Waals surface area contributed by atoms with Gasteiger partial charge in [0.15, 0.2) is 11.5 Å². The van der Waals surface area contributed by atoms with Crippen LogP contribution < -0.4 is 29.6 Å². The number of amides is 2. The monoisotopic (exact) mass is 579 g/mol. The molecule has 0 saturated heterocycles. The minimum absolute atomic E-state index is 0.0288. The summed E-state index contributed by atoms with van der Waals surface area (Å²) < 4.78 is 42.9. The van der Waals surface area contributed by atoms with Gasteiger partial charge in [0.2, 0.25) is 21.7 Å². The van der Waals surface area contributed by atoms with E-state index in [-0.39, 0.29) is 18.2 Å². The standard InChI is InChI=1S/C28H29N5O7S/c1-38-24-14-21(15-25(39-2)27(24)40-3)31-28(35)19-8-6-10-23(13-19)33-17-22(16-29-33)30-26(34)12-18-7-5-9-20(11-18)32-41(4,36)37/h5-11,13-17,32H,12H2,1-4H3,(H,30,34)(H,31,35). The summed E-state index contributed by atoms with van der Waals surface area (Å²) in [6.45, 7) is 0. The van der Waals surface area contributed by atoms with Crippen molar-refractivity contribution in [3.05, 3.63) is 84.2 Å². The molecule has 0 aliphatic rings. The molecule has 4 rings (SSSR count). The lowest BCUT2D eigenvalue weighted by molar-refractivity contribution is -0.115. The Balaban J connectivity index is 1.43. The smallest absolute Gasteiger partial charge is 0.255 e. The maximum Gasteiger partial charge on any atom is 0.255 e. The van der Waals surface area contributed by atoms with Crippen LogP contribution in [0.3, 0.4) is 0 Å². The molecule has 0 spiro atoms. The number of nitrogens with zero attached hydrogens (tertiary/aromatic N) is 2. The van der Waals surface area contributed by atoms with Gasteiger partial charge in [0.25, 0.3) is 5.91 Å². The Kier molecular flexibility index (Phi) is 8.78. The van der Waals surface area contributed by atoms with Crippen LogP contribution in [-0.2, 0) is 21.2 Å². The molecule has 0 saturated carbocycles. The molecule has 0 bridgehead atoms. The van der Waals surface area contributed by atoms with Gasteiger partial charge in [-0.05, 0) is 35.9 Å². The second-order valence-electron chi connectivity index (χ2n) is 8.89. The Hall–Kier alpha value is -5.04. The molecule has 41 heavy (non-hydrogen) atoms. The van der Waals surface area contributed by atoms with Crippen molar-refractivity contribution in [2.45, 2.75) is 6.42 Å². The summed E-state index contributed by atoms with van der Waals surface area (Å²) >= 11 is 0. The van der Waals surface area contributed by atoms with Crippen LogP contribution in [0.2, 0.25) is 0 Å². The molecule has 0 unspecified atom stereocenters. The Bertz CT molecular complexity index is 1660. The first kappa shape index (κ1) is 29.0. The van der Waals surface area contributed by atoms with Gasteiger partial charge in [-0.15, -0.1) is 0 Å². The van der Waals surface area contributed by atoms with E-state index < -0.39 is 10.0 Å². The molecule has 214 valence electrons. The van der Waals surface area contributed by atoms with Gasteiger partial charge >= 0.3 is 0 Å². The molecule has 0 aliphatic heterocycles. The maximum absolute atomic E-state index is 13.0. The highest BCUT2D eigenvalue weighted by Crippen LogP contribution is 2.40. The molecule has 0 fully saturated rings. The number of carbonyl (C=O) groups excluding carboxylic acids is 2. The molecular weight excluding hydrogens is 550 g/mol. The minimum Gasteiger partial charge on any atom is -0.493 e. The van der Waals surface area contributed by atoms with E-state index in [4.69, 9.17) is 14.2 Å². The van der Waals surface area contributed by atoms with Crippen LogP contribution in [-0.4, -0.2) is 57.6 Å². The second kappa shape index (κ2) is 12.4. The fourth-order valence-electron chi connectivity index (χ4n) is 4.02. The third-order valence-electron chi connectivity index (χ3n) is 5.76. The Morgan fingerprint density at radius 2 is 1.56 bits per heavy atom. The molecule has 1 heterocycles. The van der Waals surface area contributed by atoms with E-state index in [0.29, 0.717) is 51.1 Å². The van der Waals surface area contributed by atoms with Crippen LogP contribution in [0.4, 0.5) is 17.1 Å². The zero-order valence-corrected chi connectivity index (χ0v) is 23.6. The zero-order chi connectivity index (χ0) is 29.6. The topological polar surface area (TPSA) is 150 Å². The van der Waals surface area contributed by atoms with Crippen LogP contribution >= 0.6 is 0 Å². The number of nitrogens with one attached hydrogen (secondary N) is 3. The molecular formula is C28H29N5O7S. The van der Waals surface area contributed by atoms with Crippen molar-refractivity contribution < 1.29 is 32.2 Å². The fourth-order valence-corrected chi connectivity index (χ4v) is 4.58. The molecule has 1 aromatic heterocycles. The van der Waals surface area contributed by atoms with Crippen molar-refractivity contribution in [2.24, 2.45) is 0 Å². The van der Waals surface area contributed by atoms with E-state index in [1.54, 1.807) is 66.9 Å². The molecule has 12 nitrogen and oxygen atoms in total. The highest BCUT2D eigenvalue weighted by molar-refractivity contribution is 7.92. The summed E-state index contributed by atoms with van der Waals surface area (Å²) in [4.78, 5) is 25.6. The van der Waals surface area contributed by atoms with E-state index in [0.717, 1.165) is 6.26 Å². The van der Waals surface area contributed by atoms with Gasteiger partial charge in [-0.3, -0.25) is 14.3 Å². The zero-order valence-electron chi connectivity index (χ0n) is 22.8. The number of methoxy groups -OCH3 is 3. The van der Waals surface area contributed by atoms with Gasteiger partial charge in [-0.1, -0.05) is 18.2 Å². The first-order valence-electron chi connectivity index (χ1n) is 12.2. The lowest BCUT2D eigenvalue weighted by atomic mass is 10.1. The number of aromatic nitrogens is 2. The largest absolute Gasteiger partial charge is 0.493 e. The molecule has 0 atom stereocenters. The average Bonchev–Trinajstić information content (AvgIpc) is 3.40. The first-order valence-corrected chi connectivity index (χ1v) is 14.1. The van der Waals surface area contributed by atoms with Gasteiger partial charge in [-0.25, -0.2) is 13.1 Å². The number of hydrogen-bond acceptors (Lipinski definition) is 8. The molecule has 3 N–H and O–H groups in total. The first-order chi connectivity index (χ1) is 19.6. The highest BCUT2D eigenvalue weighted by atomic mass is 32.2. The van der Waals surface area contributed by atoms with E-state index in [1.807, 2.05) is 0 Å². The SMILES string of the molecule is COc1cc(NC(=O)c2cccc(-n3cc(NC(=O)Cc4cccc(NS(C)(=O)=O)c4)cn3)c2)cc(OC)c1OC. The predicted molar refractivity (Wildman–Crippen MR) is 155 cm³/mol.